The number of nitro benzene ring substituents is 1. The quantitative estimate of drug-likeness (QED) is 0.354. The Morgan fingerprint density at radius 1 is 1.24 bits per heavy atom. The molecular formula is C20H16ClN3O5. The van der Waals surface area contributed by atoms with Crippen molar-refractivity contribution in [2.75, 3.05) is 7.11 Å². The third kappa shape index (κ3) is 5.20. The molecule has 0 saturated carbocycles. The smallest absolute Gasteiger partial charge is 0.269 e. The molecule has 148 valence electrons. The topological polar surface area (TPSA) is 107 Å². The average molecular weight is 414 g/mol. The molecular weight excluding hydrogens is 398 g/mol. The van der Waals surface area contributed by atoms with Crippen molar-refractivity contribution in [3.63, 3.8) is 0 Å². The number of hydrogen-bond acceptors (Lipinski definition) is 6. The van der Waals surface area contributed by atoms with Crippen LogP contribution in [0.2, 0.25) is 5.02 Å². The van der Waals surface area contributed by atoms with Crippen molar-refractivity contribution in [3.8, 4) is 17.1 Å². The van der Waals surface area contributed by atoms with Gasteiger partial charge < -0.3 is 9.15 Å². The number of carbonyl (C=O) groups excluding carboxylic acids is 1. The van der Waals surface area contributed by atoms with Crippen molar-refractivity contribution in [1.29, 1.82) is 0 Å². The van der Waals surface area contributed by atoms with Crippen LogP contribution >= 0.6 is 11.6 Å². The minimum Gasteiger partial charge on any atom is -0.496 e. The summed E-state index contributed by atoms with van der Waals surface area (Å²) in [7, 11) is 1.55. The highest BCUT2D eigenvalue weighted by Gasteiger charge is 2.11. The summed E-state index contributed by atoms with van der Waals surface area (Å²) in [5, 5.41) is 15.1. The monoisotopic (exact) mass is 413 g/mol. The summed E-state index contributed by atoms with van der Waals surface area (Å²) >= 11 is 6.04. The predicted octanol–water partition coefficient (Wildman–Crippen LogP) is 4.21. The molecule has 9 heteroatoms. The molecule has 0 aliphatic heterocycles. The molecule has 29 heavy (non-hydrogen) atoms. The molecule has 1 heterocycles. The van der Waals surface area contributed by atoms with Gasteiger partial charge in [0.15, 0.2) is 0 Å². The summed E-state index contributed by atoms with van der Waals surface area (Å²) in [4.78, 5) is 22.1. The zero-order chi connectivity index (χ0) is 20.8. The molecule has 1 aromatic heterocycles. The van der Waals surface area contributed by atoms with E-state index in [4.69, 9.17) is 20.8 Å². The van der Waals surface area contributed by atoms with E-state index in [2.05, 4.69) is 10.5 Å². The molecule has 0 saturated heterocycles. The number of rotatable bonds is 7. The molecule has 8 nitrogen and oxygen atoms in total. The summed E-state index contributed by atoms with van der Waals surface area (Å²) in [6.07, 6.45) is 1.41. The number of hydrazone groups is 1. The summed E-state index contributed by atoms with van der Waals surface area (Å²) in [6.45, 7) is 0. The number of hydrogen-bond donors (Lipinski definition) is 1. The van der Waals surface area contributed by atoms with E-state index in [1.165, 1.54) is 30.5 Å². The first-order valence-electron chi connectivity index (χ1n) is 8.45. The Hall–Kier alpha value is -3.65. The van der Waals surface area contributed by atoms with Crippen molar-refractivity contribution < 1.29 is 18.9 Å². The SMILES string of the molecule is COc1ccc(Cl)cc1-c1ccc(/C=N\NC(=O)Cc2ccc([N+](=O)[O-])cc2)o1. The minimum atomic E-state index is -0.495. The zero-order valence-electron chi connectivity index (χ0n) is 15.3. The Kier molecular flexibility index (Phi) is 6.25. The van der Waals surface area contributed by atoms with E-state index < -0.39 is 4.92 Å². The Bertz CT molecular complexity index is 1060. The second-order valence-electron chi connectivity index (χ2n) is 5.94. The van der Waals surface area contributed by atoms with E-state index in [9.17, 15) is 14.9 Å². The number of methoxy groups -OCH3 is 1. The van der Waals surface area contributed by atoms with Gasteiger partial charge in [-0.25, -0.2) is 5.43 Å². The number of nitrogens with one attached hydrogen (secondary N) is 1. The largest absolute Gasteiger partial charge is 0.496 e. The molecule has 0 radical (unpaired) electrons. The summed E-state index contributed by atoms with van der Waals surface area (Å²) in [5.41, 5.74) is 3.69. The normalized spacial score (nSPS) is 10.8. The lowest BCUT2D eigenvalue weighted by Crippen LogP contribution is -2.19. The van der Waals surface area contributed by atoms with E-state index in [1.54, 1.807) is 37.4 Å². The molecule has 0 aliphatic rings. The number of halogens is 1. The van der Waals surface area contributed by atoms with Gasteiger partial charge in [-0.1, -0.05) is 23.7 Å². The number of non-ortho nitro benzene ring substituents is 1. The number of nitro groups is 1. The minimum absolute atomic E-state index is 0.0304. The van der Waals surface area contributed by atoms with Crippen molar-refractivity contribution in [1.82, 2.24) is 5.43 Å². The Balaban J connectivity index is 1.60. The third-order valence-electron chi connectivity index (χ3n) is 3.95. The number of amides is 1. The van der Waals surface area contributed by atoms with Gasteiger partial charge in [0.2, 0.25) is 5.91 Å². The van der Waals surface area contributed by atoms with Crippen LogP contribution in [-0.2, 0) is 11.2 Å². The fourth-order valence-corrected chi connectivity index (χ4v) is 2.74. The average Bonchev–Trinajstić information content (AvgIpc) is 3.17. The Labute approximate surface area is 170 Å². The van der Waals surface area contributed by atoms with Crippen molar-refractivity contribution in [2.45, 2.75) is 6.42 Å². The molecule has 2 aromatic carbocycles. The molecule has 0 unspecified atom stereocenters. The summed E-state index contributed by atoms with van der Waals surface area (Å²) in [5.74, 6) is 1.22. The van der Waals surface area contributed by atoms with Gasteiger partial charge in [0.25, 0.3) is 5.69 Å². The van der Waals surface area contributed by atoms with Crippen LogP contribution in [0.5, 0.6) is 5.75 Å². The molecule has 1 N–H and O–H groups in total. The van der Waals surface area contributed by atoms with Gasteiger partial charge in [0.05, 0.1) is 30.2 Å². The maximum absolute atomic E-state index is 11.9. The van der Waals surface area contributed by atoms with Gasteiger partial charge in [-0.3, -0.25) is 14.9 Å². The number of nitrogens with zero attached hydrogens (tertiary/aromatic N) is 2. The maximum Gasteiger partial charge on any atom is 0.269 e. The number of carbonyl (C=O) groups is 1. The first kappa shape index (κ1) is 20.1. The Morgan fingerprint density at radius 3 is 2.69 bits per heavy atom. The zero-order valence-corrected chi connectivity index (χ0v) is 16.1. The first-order valence-corrected chi connectivity index (χ1v) is 8.83. The highest BCUT2D eigenvalue weighted by Crippen LogP contribution is 2.33. The third-order valence-corrected chi connectivity index (χ3v) is 4.18. The number of ether oxygens (including phenoxy) is 1. The molecule has 0 aliphatic carbocycles. The van der Waals surface area contributed by atoms with Crippen LogP contribution in [0.15, 0.2) is 64.1 Å². The highest BCUT2D eigenvalue weighted by molar-refractivity contribution is 6.30. The van der Waals surface area contributed by atoms with Crippen molar-refractivity contribution >= 4 is 29.4 Å². The van der Waals surface area contributed by atoms with Crippen LogP contribution in [0.1, 0.15) is 11.3 Å². The maximum atomic E-state index is 11.9. The lowest BCUT2D eigenvalue weighted by Gasteiger charge is -2.06. The van der Waals surface area contributed by atoms with Crippen molar-refractivity contribution in [2.24, 2.45) is 5.10 Å². The standard InChI is InChI=1S/C20H16ClN3O5/c1-28-18-8-4-14(21)11-17(18)19-9-7-16(29-19)12-22-23-20(25)10-13-2-5-15(6-3-13)24(26)27/h2-9,11-12H,10H2,1H3,(H,23,25)/b22-12-. The van der Waals surface area contributed by atoms with E-state index in [0.717, 1.165) is 0 Å². The molecule has 1 amide bonds. The molecule has 3 rings (SSSR count). The second kappa shape index (κ2) is 9.03. The highest BCUT2D eigenvalue weighted by atomic mass is 35.5. The molecule has 3 aromatic rings. The van der Waals surface area contributed by atoms with Crippen LogP contribution in [0.4, 0.5) is 5.69 Å². The Morgan fingerprint density at radius 2 is 2.00 bits per heavy atom. The second-order valence-corrected chi connectivity index (χ2v) is 6.38. The van der Waals surface area contributed by atoms with E-state index >= 15 is 0 Å². The first-order chi connectivity index (χ1) is 14.0. The molecule has 0 spiro atoms. The van der Waals surface area contributed by atoms with Crippen LogP contribution in [0.3, 0.4) is 0 Å². The van der Waals surface area contributed by atoms with Gasteiger partial charge in [-0.2, -0.15) is 5.10 Å². The molecule has 0 bridgehead atoms. The van der Waals surface area contributed by atoms with Crippen LogP contribution in [-0.4, -0.2) is 24.2 Å². The lowest BCUT2D eigenvalue weighted by atomic mass is 10.1. The van der Waals surface area contributed by atoms with Gasteiger partial charge in [0.1, 0.15) is 17.3 Å². The molecule has 0 fully saturated rings. The predicted molar refractivity (Wildman–Crippen MR) is 108 cm³/mol. The number of benzene rings is 2. The van der Waals surface area contributed by atoms with Crippen molar-refractivity contribution in [3.05, 3.63) is 81.1 Å². The lowest BCUT2D eigenvalue weighted by molar-refractivity contribution is -0.384. The van der Waals surface area contributed by atoms with Gasteiger partial charge in [0, 0.05) is 17.2 Å². The molecule has 0 atom stereocenters. The fourth-order valence-electron chi connectivity index (χ4n) is 2.57. The van der Waals surface area contributed by atoms with Crippen LogP contribution < -0.4 is 10.2 Å². The summed E-state index contributed by atoms with van der Waals surface area (Å²) < 4.78 is 11.0. The van der Waals surface area contributed by atoms with E-state index in [1.807, 2.05) is 0 Å². The van der Waals surface area contributed by atoms with E-state index in [-0.39, 0.29) is 18.0 Å². The van der Waals surface area contributed by atoms with Crippen LogP contribution in [0.25, 0.3) is 11.3 Å². The van der Waals surface area contributed by atoms with Gasteiger partial charge in [-0.15, -0.1) is 0 Å². The van der Waals surface area contributed by atoms with Gasteiger partial charge in [-0.05, 0) is 35.9 Å². The summed E-state index contributed by atoms with van der Waals surface area (Å²) in [6, 6.07) is 14.4. The van der Waals surface area contributed by atoms with Crippen LogP contribution in [0, 0.1) is 10.1 Å². The van der Waals surface area contributed by atoms with E-state index in [0.29, 0.717) is 33.4 Å². The van der Waals surface area contributed by atoms with Gasteiger partial charge >= 0.3 is 0 Å². The number of furan rings is 1. The fraction of sp³-hybridized carbons (Fsp3) is 0.100.